The largest absolute Gasteiger partial charge is 0.279 e. The number of benzene rings is 1. The second-order valence-corrected chi connectivity index (χ2v) is 8.72. The normalized spacial score (nSPS) is 15.7. The molecule has 0 bridgehead atoms. The van der Waals surface area contributed by atoms with Gasteiger partial charge in [0.05, 0.1) is 21.3 Å². The van der Waals surface area contributed by atoms with Crippen molar-refractivity contribution in [1.82, 2.24) is 24.7 Å². The van der Waals surface area contributed by atoms with Gasteiger partial charge in [0.2, 0.25) is 0 Å². The van der Waals surface area contributed by atoms with Crippen LogP contribution in [0.25, 0.3) is 5.65 Å². The van der Waals surface area contributed by atoms with Crippen LogP contribution in [0.5, 0.6) is 0 Å². The van der Waals surface area contributed by atoms with E-state index in [2.05, 4.69) is 51.9 Å². The molecule has 2 amide bonds. The number of aromatic amines is 1. The Hall–Kier alpha value is -2.48. The molecule has 0 fully saturated rings. The van der Waals surface area contributed by atoms with Crippen molar-refractivity contribution in [2.45, 2.75) is 39.0 Å². The van der Waals surface area contributed by atoms with Crippen LogP contribution in [0.1, 0.15) is 65.8 Å². The smallest absolute Gasteiger partial charge is 0.261 e. The molecule has 4 rings (SSSR count). The monoisotopic (exact) mass is 429 g/mol. The highest BCUT2D eigenvalue weighted by atomic mass is 79.9. The molecule has 3 heterocycles. The van der Waals surface area contributed by atoms with Crippen LogP contribution < -0.4 is 0 Å². The van der Waals surface area contributed by atoms with E-state index in [1.165, 1.54) is 4.90 Å². The van der Waals surface area contributed by atoms with E-state index in [1.54, 1.807) is 28.9 Å². The molecule has 1 N–H and O–H groups in total. The lowest BCUT2D eigenvalue weighted by Gasteiger charge is -2.17. The molecule has 1 aliphatic heterocycles. The fraction of sp³-hybridized carbons (Fsp3) is 0.368. The van der Waals surface area contributed by atoms with Crippen molar-refractivity contribution in [3.05, 3.63) is 51.4 Å². The van der Waals surface area contributed by atoms with Gasteiger partial charge in [-0.15, -0.1) is 5.10 Å². The van der Waals surface area contributed by atoms with Crippen LogP contribution in [-0.2, 0) is 5.41 Å². The molecule has 1 aliphatic rings. The number of carbonyl (C=O) groups is 2. The van der Waals surface area contributed by atoms with E-state index in [1.807, 2.05) is 6.92 Å². The molecule has 0 spiro atoms. The summed E-state index contributed by atoms with van der Waals surface area (Å²) in [7, 11) is 0. The lowest BCUT2D eigenvalue weighted by molar-refractivity contribution is 0.0645. The second kappa shape index (κ2) is 6.02. The minimum atomic E-state index is -0.261. The highest BCUT2D eigenvalue weighted by molar-refractivity contribution is 9.10. The Labute approximate surface area is 164 Å². The second-order valence-electron chi connectivity index (χ2n) is 7.92. The number of aromatic nitrogens is 4. The third-order valence-corrected chi connectivity index (χ3v) is 5.53. The first kappa shape index (κ1) is 17.9. The summed E-state index contributed by atoms with van der Waals surface area (Å²) < 4.78 is 2.51. The van der Waals surface area contributed by atoms with E-state index >= 15 is 0 Å². The predicted molar refractivity (Wildman–Crippen MR) is 104 cm³/mol. The van der Waals surface area contributed by atoms with Gasteiger partial charge in [0.15, 0.2) is 11.5 Å². The van der Waals surface area contributed by atoms with E-state index in [4.69, 9.17) is 0 Å². The van der Waals surface area contributed by atoms with Gasteiger partial charge in [-0.05, 0) is 28.1 Å². The van der Waals surface area contributed by atoms with E-state index < -0.39 is 0 Å². The predicted octanol–water partition coefficient (Wildman–Crippen LogP) is 3.52. The Balaban J connectivity index is 1.60. The Bertz CT molecular complexity index is 1040. The van der Waals surface area contributed by atoms with Crippen molar-refractivity contribution in [1.29, 1.82) is 0 Å². The van der Waals surface area contributed by atoms with Crippen LogP contribution >= 0.6 is 15.9 Å². The highest BCUT2D eigenvalue weighted by Gasteiger charge is 2.36. The van der Waals surface area contributed by atoms with Crippen LogP contribution in [0, 0.1) is 0 Å². The Morgan fingerprint density at radius 2 is 1.74 bits per heavy atom. The van der Waals surface area contributed by atoms with Gasteiger partial charge in [-0.25, -0.2) is 4.98 Å². The van der Waals surface area contributed by atoms with Crippen molar-refractivity contribution in [3.8, 4) is 0 Å². The number of halogens is 1. The summed E-state index contributed by atoms with van der Waals surface area (Å²) >= 11 is 3.60. The van der Waals surface area contributed by atoms with Gasteiger partial charge in [-0.1, -0.05) is 39.8 Å². The van der Waals surface area contributed by atoms with Gasteiger partial charge >= 0.3 is 0 Å². The maximum atomic E-state index is 12.6. The molecule has 1 atom stereocenters. The van der Waals surface area contributed by atoms with Crippen LogP contribution in [0.4, 0.5) is 0 Å². The molecule has 1 unspecified atom stereocenters. The summed E-state index contributed by atoms with van der Waals surface area (Å²) in [6.07, 6.45) is 0. The molecule has 8 heteroatoms. The molecule has 0 saturated carbocycles. The number of amides is 2. The van der Waals surface area contributed by atoms with Crippen molar-refractivity contribution in [3.63, 3.8) is 0 Å². The summed E-state index contributed by atoms with van der Waals surface area (Å²) in [5, 5.41) is 7.77. The van der Waals surface area contributed by atoms with E-state index in [-0.39, 0.29) is 29.7 Å². The molecule has 0 saturated heterocycles. The molecule has 1 aromatic carbocycles. The quantitative estimate of drug-likeness (QED) is 0.645. The number of H-pyrrole nitrogens is 1. The number of hydrogen-bond donors (Lipinski definition) is 1. The zero-order chi connectivity index (χ0) is 19.5. The van der Waals surface area contributed by atoms with Crippen LogP contribution in [0.3, 0.4) is 0 Å². The first-order valence-corrected chi connectivity index (χ1v) is 9.57. The highest BCUT2D eigenvalue weighted by Crippen LogP contribution is 2.32. The van der Waals surface area contributed by atoms with Crippen molar-refractivity contribution in [2.24, 2.45) is 0 Å². The first-order valence-electron chi connectivity index (χ1n) is 8.78. The number of rotatable bonds is 3. The zero-order valence-electron chi connectivity index (χ0n) is 15.6. The number of hydrogen-bond acceptors (Lipinski definition) is 4. The first-order chi connectivity index (χ1) is 12.7. The number of fused-ring (bicyclic) bond motifs is 2. The topological polar surface area (TPSA) is 83.4 Å². The van der Waals surface area contributed by atoms with E-state index in [9.17, 15) is 9.59 Å². The fourth-order valence-electron chi connectivity index (χ4n) is 3.28. The SMILES string of the molecule is CC(CN1C(=O)c2ccccc2C1=O)c1nc2c(Br)c(C(C)(C)C)[nH]n2n1. The lowest BCUT2D eigenvalue weighted by Crippen LogP contribution is -2.33. The molecule has 3 aromatic rings. The summed E-state index contributed by atoms with van der Waals surface area (Å²) in [5.74, 6) is -0.128. The average Bonchev–Trinajstić information content (AvgIpc) is 3.23. The minimum absolute atomic E-state index is 0.0762. The standard InChI is InChI=1S/C19H20BrN5O2/c1-10(9-24-17(26)11-7-5-6-8-12(11)18(24)27)15-21-16-13(20)14(19(2,3)4)22-25(16)23-15/h5-8,10,22H,9H2,1-4H3. The van der Waals surface area contributed by atoms with Crippen molar-refractivity contribution < 1.29 is 9.59 Å². The summed E-state index contributed by atoms with van der Waals surface area (Å²) in [5.41, 5.74) is 2.54. The summed E-state index contributed by atoms with van der Waals surface area (Å²) in [6, 6.07) is 6.90. The number of nitrogens with one attached hydrogen (secondary N) is 1. The Kier molecular flexibility index (Phi) is 3.99. The van der Waals surface area contributed by atoms with Crippen LogP contribution in [0.2, 0.25) is 0 Å². The molecule has 140 valence electrons. The lowest BCUT2D eigenvalue weighted by atomic mass is 9.92. The molecule has 0 aliphatic carbocycles. The van der Waals surface area contributed by atoms with E-state index in [0.717, 1.165) is 10.2 Å². The third kappa shape index (κ3) is 2.79. The number of imide groups is 1. The van der Waals surface area contributed by atoms with Gasteiger partial charge in [0.1, 0.15) is 0 Å². The molecule has 0 radical (unpaired) electrons. The van der Waals surface area contributed by atoms with Gasteiger partial charge in [0.25, 0.3) is 11.8 Å². The van der Waals surface area contributed by atoms with Gasteiger partial charge in [-0.3, -0.25) is 19.6 Å². The molecular formula is C19H20BrN5O2. The maximum absolute atomic E-state index is 12.6. The number of nitrogens with zero attached hydrogens (tertiary/aromatic N) is 4. The Morgan fingerprint density at radius 3 is 2.26 bits per heavy atom. The van der Waals surface area contributed by atoms with Crippen LogP contribution in [0.15, 0.2) is 28.7 Å². The zero-order valence-corrected chi connectivity index (χ0v) is 17.2. The van der Waals surface area contributed by atoms with Gasteiger partial charge in [-0.2, -0.15) is 4.63 Å². The average molecular weight is 430 g/mol. The minimum Gasteiger partial charge on any atom is -0.279 e. The Morgan fingerprint density at radius 1 is 1.15 bits per heavy atom. The molecule has 2 aromatic heterocycles. The molecule has 7 nitrogen and oxygen atoms in total. The third-order valence-electron chi connectivity index (χ3n) is 4.78. The van der Waals surface area contributed by atoms with Crippen LogP contribution in [-0.4, -0.2) is 43.1 Å². The maximum Gasteiger partial charge on any atom is 0.261 e. The summed E-state index contributed by atoms with van der Waals surface area (Å²) in [4.78, 5) is 31.0. The summed E-state index contributed by atoms with van der Waals surface area (Å²) in [6.45, 7) is 8.47. The number of carbonyl (C=O) groups excluding carboxylic acids is 2. The van der Waals surface area contributed by atoms with Gasteiger partial charge in [0, 0.05) is 17.9 Å². The molecular weight excluding hydrogens is 410 g/mol. The van der Waals surface area contributed by atoms with Crippen molar-refractivity contribution >= 4 is 33.4 Å². The molecule has 27 heavy (non-hydrogen) atoms. The van der Waals surface area contributed by atoms with Gasteiger partial charge < -0.3 is 0 Å². The van der Waals surface area contributed by atoms with Crippen molar-refractivity contribution in [2.75, 3.05) is 6.54 Å². The fourth-order valence-corrected chi connectivity index (χ4v) is 4.22. The van der Waals surface area contributed by atoms with E-state index in [0.29, 0.717) is 22.6 Å².